The number of carbonyl (C=O) groups excluding carboxylic acids is 8. The van der Waals surface area contributed by atoms with Gasteiger partial charge in [0, 0.05) is 73.6 Å². The van der Waals surface area contributed by atoms with E-state index in [0.29, 0.717) is 39.0 Å². The van der Waals surface area contributed by atoms with Crippen LogP contribution in [-0.4, -0.2) is 143 Å². The Balaban J connectivity index is 0.987. The average Bonchev–Trinajstić information content (AvgIpc) is 3.96. The quantitative estimate of drug-likeness (QED) is 0.0107. The van der Waals surface area contributed by atoms with Gasteiger partial charge in [-0.3, -0.25) is 48.6 Å². The molecular formula is C52H64FN9O15. The largest absolute Gasteiger partial charge is 0.458 e. The van der Waals surface area contributed by atoms with Gasteiger partial charge >= 0.3 is 5.97 Å². The molecule has 3 aromatic rings. The number of halogens is 1. The highest BCUT2D eigenvalue weighted by Gasteiger charge is 2.38. The molecule has 2 aromatic heterocycles. The highest BCUT2D eigenvalue weighted by Crippen LogP contribution is 2.41. The SMILES string of the molecule is C=CCc1c2c(c(=O)n3c1-c1nc4cc(F)c(C)cc4c(CNC(=O)COCNC(O)[C@H](CCC(N)=O)NC(=O)C(/C=C/C(C)C)NC(=O)CCOCCOCCNC(=O)CCN4C(=O)C=CC4=O)c1C3)COC(=O)[C@H]2O. The lowest BCUT2D eigenvalue weighted by Gasteiger charge is -2.26. The minimum Gasteiger partial charge on any atom is -0.458 e. The number of nitrogens with zero attached hydrogens (tertiary/aromatic N) is 3. The van der Waals surface area contributed by atoms with E-state index in [1.165, 1.54) is 16.7 Å². The molecule has 3 aliphatic rings. The number of allylic oxidation sites excluding steroid dienone is 2. The number of aliphatic hydroxyl groups is 2. The first-order valence-corrected chi connectivity index (χ1v) is 24.9. The van der Waals surface area contributed by atoms with E-state index in [9.17, 15) is 53.4 Å². The molecule has 0 saturated carbocycles. The number of imide groups is 1. The fraction of sp³-hybridized carbons (Fsp3) is 0.462. The van der Waals surface area contributed by atoms with Crippen LogP contribution in [0.5, 0.6) is 0 Å². The predicted molar refractivity (Wildman–Crippen MR) is 272 cm³/mol. The number of amides is 7. The van der Waals surface area contributed by atoms with Crippen molar-refractivity contribution < 1.29 is 71.9 Å². The van der Waals surface area contributed by atoms with Crippen molar-refractivity contribution in [2.45, 2.75) is 97.0 Å². The van der Waals surface area contributed by atoms with E-state index < -0.39 is 90.5 Å². The van der Waals surface area contributed by atoms with Crippen LogP contribution in [0.15, 0.2) is 53.9 Å². The van der Waals surface area contributed by atoms with Gasteiger partial charge in [0.25, 0.3) is 17.4 Å². The number of ether oxygens (including phenoxy) is 4. The number of pyridine rings is 2. The fourth-order valence-electron chi connectivity index (χ4n) is 8.69. The molecule has 0 saturated heterocycles. The van der Waals surface area contributed by atoms with Crippen LogP contribution >= 0.6 is 0 Å². The summed E-state index contributed by atoms with van der Waals surface area (Å²) < 4.78 is 38.0. The maximum absolute atomic E-state index is 15.0. The van der Waals surface area contributed by atoms with Crippen LogP contribution in [0.2, 0.25) is 0 Å². The third-order valence-corrected chi connectivity index (χ3v) is 12.6. The molecule has 0 radical (unpaired) electrons. The molecule has 4 atom stereocenters. The van der Waals surface area contributed by atoms with E-state index in [1.54, 1.807) is 25.1 Å². The summed E-state index contributed by atoms with van der Waals surface area (Å²) in [6.45, 7) is 8.25. The zero-order valence-corrected chi connectivity index (χ0v) is 42.9. The third-order valence-electron chi connectivity index (χ3n) is 12.6. The normalized spacial score (nSPS) is 15.8. The molecule has 414 valence electrons. The molecule has 0 bridgehead atoms. The summed E-state index contributed by atoms with van der Waals surface area (Å²) >= 11 is 0. The summed E-state index contributed by atoms with van der Waals surface area (Å²) in [6, 6.07) is 0.492. The molecule has 3 aliphatic heterocycles. The number of hydrogen-bond acceptors (Lipinski definition) is 17. The number of esters is 1. The monoisotopic (exact) mass is 1070 g/mol. The number of benzene rings is 1. The number of hydrogen-bond donors (Lipinski definition) is 8. The minimum atomic E-state index is -1.72. The van der Waals surface area contributed by atoms with Gasteiger partial charge in [0.2, 0.25) is 29.5 Å². The highest BCUT2D eigenvalue weighted by molar-refractivity contribution is 6.13. The number of aromatic nitrogens is 2. The summed E-state index contributed by atoms with van der Waals surface area (Å²) in [6.07, 6.45) is 3.36. The molecule has 0 spiro atoms. The van der Waals surface area contributed by atoms with Crippen LogP contribution in [0.1, 0.15) is 79.0 Å². The third kappa shape index (κ3) is 15.3. The molecule has 25 heteroatoms. The Kier molecular flexibility index (Phi) is 21.0. The van der Waals surface area contributed by atoms with Crippen LogP contribution in [0.4, 0.5) is 4.39 Å². The molecule has 77 heavy (non-hydrogen) atoms. The Morgan fingerprint density at radius 2 is 1.65 bits per heavy atom. The number of rotatable bonds is 30. The van der Waals surface area contributed by atoms with Crippen LogP contribution in [-0.2, 0) is 83.4 Å². The molecule has 0 fully saturated rings. The van der Waals surface area contributed by atoms with Crippen molar-refractivity contribution in [3.63, 3.8) is 0 Å². The van der Waals surface area contributed by atoms with E-state index >= 15 is 4.39 Å². The fourth-order valence-corrected chi connectivity index (χ4v) is 8.69. The smallest absolute Gasteiger partial charge is 0.340 e. The van der Waals surface area contributed by atoms with Crippen molar-refractivity contribution in [1.29, 1.82) is 0 Å². The van der Waals surface area contributed by atoms with Crippen molar-refractivity contribution in [1.82, 2.24) is 41.0 Å². The number of fused-ring (bicyclic) bond motifs is 5. The van der Waals surface area contributed by atoms with Gasteiger partial charge in [-0.25, -0.2) is 14.2 Å². The number of aryl methyl sites for hydroxylation is 1. The van der Waals surface area contributed by atoms with Gasteiger partial charge in [0.1, 0.15) is 31.3 Å². The molecular weight excluding hydrogens is 1010 g/mol. The van der Waals surface area contributed by atoms with Gasteiger partial charge in [-0.2, -0.15) is 0 Å². The van der Waals surface area contributed by atoms with Crippen molar-refractivity contribution in [2.75, 3.05) is 52.9 Å². The highest BCUT2D eigenvalue weighted by atomic mass is 19.1. The summed E-state index contributed by atoms with van der Waals surface area (Å²) in [5.74, 6) is -5.33. The van der Waals surface area contributed by atoms with Crippen LogP contribution < -0.4 is 37.9 Å². The van der Waals surface area contributed by atoms with E-state index in [0.717, 1.165) is 17.1 Å². The number of carbonyl (C=O) groups is 8. The Labute approximate surface area is 441 Å². The van der Waals surface area contributed by atoms with Crippen molar-refractivity contribution in [2.24, 2.45) is 11.7 Å². The van der Waals surface area contributed by atoms with Gasteiger partial charge in [-0.15, -0.1) is 6.58 Å². The lowest BCUT2D eigenvalue weighted by molar-refractivity contribution is -0.157. The molecule has 0 aliphatic carbocycles. The molecule has 1 aromatic carbocycles. The van der Waals surface area contributed by atoms with Crippen molar-refractivity contribution in [3.05, 3.63) is 98.6 Å². The lowest BCUT2D eigenvalue weighted by atomic mass is 9.91. The number of aliphatic hydroxyl groups excluding tert-OH is 2. The number of nitrogens with two attached hydrogens (primary N) is 1. The van der Waals surface area contributed by atoms with E-state index in [4.69, 9.17) is 29.7 Å². The number of cyclic esters (lactones) is 1. The summed E-state index contributed by atoms with van der Waals surface area (Å²) in [7, 11) is 0. The topological polar surface area (TPSA) is 338 Å². The first-order chi connectivity index (χ1) is 36.8. The van der Waals surface area contributed by atoms with Gasteiger partial charge in [0.05, 0.1) is 68.2 Å². The second kappa shape index (κ2) is 27.5. The van der Waals surface area contributed by atoms with Gasteiger partial charge in [0.15, 0.2) is 6.10 Å². The van der Waals surface area contributed by atoms with Crippen molar-refractivity contribution >= 4 is 58.2 Å². The van der Waals surface area contributed by atoms with Gasteiger partial charge in [-0.05, 0) is 48.4 Å². The molecule has 24 nitrogen and oxygen atoms in total. The van der Waals surface area contributed by atoms with Crippen LogP contribution in [0, 0.1) is 18.7 Å². The maximum atomic E-state index is 15.0. The van der Waals surface area contributed by atoms with Crippen molar-refractivity contribution in [3.8, 4) is 11.4 Å². The van der Waals surface area contributed by atoms with Crippen LogP contribution in [0.3, 0.4) is 0 Å². The molecule has 2 unspecified atom stereocenters. The Bertz CT molecular complexity index is 2890. The Hall–Kier alpha value is -7.55. The zero-order chi connectivity index (χ0) is 55.9. The lowest BCUT2D eigenvalue weighted by Crippen LogP contribution is -2.55. The van der Waals surface area contributed by atoms with E-state index in [-0.39, 0.29) is 120 Å². The second-order valence-electron chi connectivity index (χ2n) is 18.6. The number of nitrogens with one attached hydrogen (secondary N) is 5. The molecule has 7 amide bonds. The minimum absolute atomic E-state index is 0.0000629. The standard InChI is InChI=1S/C52H64FN9O15/c1-5-6-30-45-34(25-77-52(73)48(45)69)51(72)62-24-33-32(31-21-29(4)35(53)22-38(31)59-46(33)47(30)62)23-56-42(66)26-76-27-57-49(70)36(9-10-39(54)63)60-50(71)37(8-7-28(2)3)58-41(65)14-17-74-19-20-75-18-15-55-40(64)13-16-61-43(67)11-12-44(61)68/h5,7-8,11-12,21-22,28,36-37,48-49,57,69-70H,1,6,9-10,13-20,23-27H2,2-4H3,(H2,54,63)(H,55,64)(H,56,66)(H,58,65)(H,60,71)/b8-7+/t36-,37?,48-,49?/m0/s1. The zero-order valence-electron chi connectivity index (χ0n) is 42.9. The Morgan fingerprint density at radius 3 is 2.35 bits per heavy atom. The van der Waals surface area contributed by atoms with Crippen LogP contribution in [0.25, 0.3) is 22.3 Å². The summed E-state index contributed by atoms with van der Waals surface area (Å²) in [5, 5.41) is 35.9. The summed E-state index contributed by atoms with van der Waals surface area (Å²) in [5.41, 5.74) is 7.78. The van der Waals surface area contributed by atoms with Gasteiger partial charge in [-0.1, -0.05) is 32.1 Å². The Morgan fingerprint density at radius 1 is 0.922 bits per heavy atom. The maximum Gasteiger partial charge on any atom is 0.340 e. The second-order valence-corrected chi connectivity index (χ2v) is 18.6. The van der Waals surface area contributed by atoms with E-state index in [2.05, 4.69) is 33.2 Å². The predicted octanol–water partition coefficient (Wildman–Crippen LogP) is -0.508. The summed E-state index contributed by atoms with van der Waals surface area (Å²) in [4.78, 5) is 119. The first-order valence-electron chi connectivity index (χ1n) is 24.9. The number of primary amides is 1. The molecule has 9 N–H and O–H groups in total. The first kappa shape index (κ1) is 58.7. The molecule has 5 heterocycles. The van der Waals surface area contributed by atoms with E-state index in [1.807, 2.05) is 13.8 Å². The molecule has 6 rings (SSSR count). The average molecular weight is 1070 g/mol. The van der Waals surface area contributed by atoms with Gasteiger partial charge < -0.3 is 60.7 Å².